The number of ether oxygens (including phenoxy) is 2. The predicted molar refractivity (Wildman–Crippen MR) is 114 cm³/mol. The molecule has 0 unspecified atom stereocenters. The van der Waals surface area contributed by atoms with Crippen LogP contribution in [0.2, 0.25) is 0 Å². The van der Waals surface area contributed by atoms with E-state index in [2.05, 4.69) is 4.72 Å². The van der Waals surface area contributed by atoms with Crippen LogP contribution in [-0.2, 0) is 19.5 Å². The van der Waals surface area contributed by atoms with Crippen LogP contribution >= 0.6 is 0 Å². The van der Waals surface area contributed by atoms with Crippen LogP contribution in [0.5, 0.6) is 0 Å². The Balaban J connectivity index is 2.47. The summed E-state index contributed by atoms with van der Waals surface area (Å²) in [4.78, 5) is 24.8. The standard InChI is InChI=1S/C22H27NO6S/c1-13(2)28-21(24)17-10-18(22(25)29-14(3)4)12-19(11-17)23-30(26,27)20-8-7-15(5)16(6)9-20/h7-14,23H,1-6H3. The van der Waals surface area contributed by atoms with E-state index in [0.29, 0.717) is 0 Å². The number of aryl methyl sites for hydroxylation is 2. The third kappa shape index (κ3) is 6.06. The molecule has 0 fully saturated rings. The van der Waals surface area contributed by atoms with Crippen molar-refractivity contribution in [3.63, 3.8) is 0 Å². The largest absolute Gasteiger partial charge is 0.459 e. The van der Waals surface area contributed by atoms with Crippen molar-refractivity contribution in [3.8, 4) is 0 Å². The number of carbonyl (C=O) groups is 2. The van der Waals surface area contributed by atoms with Crippen LogP contribution < -0.4 is 4.72 Å². The Morgan fingerprint density at radius 1 is 0.800 bits per heavy atom. The summed E-state index contributed by atoms with van der Waals surface area (Å²) < 4.78 is 38.5. The molecule has 2 rings (SSSR count). The van der Waals surface area contributed by atoms with E-state index in [0.717, 1.165) is 11.1 Å². The molecule has 0 aromatic heterocycles. The Bertz CT molecular complexity index is 1020. The SMILES string of the molecule is Cc1ccc(S(=O)(=O)Nc2cc(C(=O)OC(C)C)cc(C(=O)OC(C)C)c2)cc1C. The van der Waals surface area contributed by atoms with Crippen LogP contribution in [-0.4, -0.2) is 32.6 Å². The summed E-state index contributed by atoms with van der Waals surface area (Å²) in [6, 6.07) is 8.75. The van der Waals surface area contributed by atoms with E-state index in [1.54, 1.807) is 39.8 Å². The van der Waals surface area contributed by atoms with Crippen molar-refractivity contribution in [2.75, 3.05) is 4.72 Å². The van der Waals surface area contributed by atoms with Crippen molar-refractivity contribution in [1.29, 1.82) is 0 Å². The number of esters is 2. The second-order valence-electron chi connectivity index (χ2n) is 7.56. The van der Waals surface area contributed by atoms with Crippen molar-refractivity contribution in [1.82, 2.24) is 0 Å². The minimum Gasteiger partial charge on any atom is -0.459 e. The predicted octanol–water partition coefficient (Wildman–Crippen LogP) is 4.23. The highest BCUT2D eigenvalue weighted by molar-refractivity contribution is 7.92. The molecule has 0 saturated carbocycles. The van der Waals surface area contributed by atoms with Crippen LogP contribution in [0.3, 0.4) is 0 Å². The normalized spacial score (nSPS) is 11.5. The van der Waals surface area contributed by atoms with Crippen molar-refractivity contribution in [3.05, 3.63) is 58.7 Å². The number of nitrogens with one attached hydrogen (secondary N) is 1. The zero-order chi connectivity index (χ0) is 22.6. The third-order valence-electron chi connectivity index (χ3n) is 4.13. The summed E-state index contributed by atoms with van der Waals surface area (Å²) in [7, 11) is -3.94. The molecule has 0 aliphatic heterocycles. The Kier molecular flexibility index (Phi) is 7.25. The van der Waals surface area contributed by atoms with Crippen LogP contribution in [0.15, 0.2) is 41.3 Å². The highest BCUT2D eigenvalue weighted by atomic mass is 32.2. The van der Waals surface area contributed by atoms with Crippen molar-refractivity contribution in [2.24, 2.45) is 0 Å². The van der Waals surface area contributed by atoms with E-state index >= 15 is 0 Å². The molecular weight excluding hydrogens is 406 g/mol. The third-order valence-corrected chi connectivity index (χ3v) is 5.51. The summed E-state index contributed by atoms with van der Waals surface area (Å²) in [5, 5.41) is 0. The first-order valence-corrected chi connectivity index (χ1v) is 11.0. The molecule has 0 heterocycles. The molecule has 0 bridgehead atoms. The van der Waals surface area contributed by atoms with Gasteiger partial charge in [0.2, 0.25) is 0 Å². The van der Waals surface area contributed by atoms with E-state index in [1.807, 2.05) is 13.8 Å². The Hall–Kier alpha value is -2.87. The van der Waals surface area contributed by atoms with Gasteiger partial charge in [-0.25, -0.2) is 18.0 Å². The molecule has 2 aromatic carbocycles. The van der Waals surface area contributed by atoms with Gasteiger partial charge in [-0.3, -0.25) is 4.72 Å². The van der Waals surface area contributed by atoms with E-state index < -0.39 is 22.0 Å². The molecule has 0 amide bonds. The van der Waals surface area contributed by atoms with Gasteiger partial charge in [-0.1, -0.05) is 6.07 Å². The fourth-order valence-electron chi connectivity index (χ4n) is 2.58. The zero-order valence-corrected chi connectivity index (χ0v) is 18.8. The highest BCUT2D eigenvalue weighted by Gasteiger charge is 2.20. The smallest absolute Gasteiger partial charge is 0.338 e. The van der Waals surface area contributed by atoms with Gasteiger partial charge >= 0.3 is 11.9 Å². The Morgan fingerprint density at radius 2 is 1.30 bits per heavy atom. The lowest BCUT2D eigenvalue weighted by molar-refractivity contribution is 0.0377. The van der Waals surface area contributed by atoms with Gasteiger partial charge in [0, 0.05) is 0 Å². The maximum atomic E-state index is 12.8. The van der Waals surface area contributed by atoms with Gasteiger partial charge in [0.05, 0.1) is 33.9 Å². The van der Waals surface area contributed by atoms with Crippen LogP contribution in [0.1, 0.15) is 59.5 Å². The molecule has 7 nitrogen and oxygen atoms in total. The fraction of sp³-hybridized carbons (Fsp3) is 0.364. The molecule has 1 N–H and O–H groups in total. The van der Waals surface area contributed by atoms with Crippen molar-refractivity contribution >= 4 is 27.6 Å². The first-order chi connectivity index (χ1) is 13.9. The molecule has 0 radical (unpaired) electrons. The first-order valence-electron chi connectivity index (χ1n) is 9.56. The molecule has 0 aliphatic rings. The summed E-state index contributed by atoms with van der Waals surface area (Å²) >= 11 is 0. The van der Waals surface area contributed by atoms with Gasteiger partial charge in [0.1, 0.15) is 0 Å². The lowest BCUT2D eigenvalue weighted by atomic mass is 10.1. The zero-order valence-electron chi connectivity index (χ0n) is 18.0. The van der Waals surface area contributed by atoms with E-state index in [1.165, 1.54) is 24.3 Å². The number of benzene rings is 2. The molecule has 162 valence electrons. The summed E-state index contributed by atoms with van der Waals surface area (Å²) in [5.41, 5.74) is 1.93. The van der Waals surface area contributed by atoms with E-state index in [9.17, 15) is 18.0 Å². The topological polar surface area (TPSA) is 98.8 Å². The molecule has 0 aliphatic carbocycles. The number of sulfonamides is 1. The van der Waals surface area contributed by atoms with Gasteiger partial charge in [-0.05, 0) is 83.0 Å². The molecule has 2 aromatic rings. The monoisotopic (exact) mass is 433 g/mol. The van der Waals surface area contributed by atoms with Crippen molar-refractivity contribution in [2.45, 2.75) is 58.6 Å². The summed E-state index contributed by atoms with van der Waals surface area (Å²) in [6.45, 7) is 10.5. The number of hydrogen-bond acceptors (Lipinski definition) is 6. The van der Waals surface area contributed by atoms with Gasteiger partial charge in [0.15, 0.2) is 0 Å². The quantitative estimate of drug-likeness (QED) is 0.656. The van der Waals surface area contributed by atoms with Gasteiger partial charge in [0.25, 0.3) is 10.0 Å². The van der Waals surface area contributed by atoms with Gasteiger partial charge < -0.3 is 9.47 Å². The lowest BCUT2D eigenvalue weighted by Crippen LogP contribution is -2.17. The Morgan fingerprint density at radius 3 is 1.73 bits per heavy atom. The van der Waals surface area contributed by atoms with Crippen LogP contribution in [0.25, 0.3) is 0 Å². The van der Waals surface area contributed by atoms with Gasteiger partial charge in [-0.2, -0.15) is 0 Å². The minimum absolute atomic E-state index is 0.0414. The number of anilines is 1. The lowest BCUT2D eigenvalue weighted by Gasteiger charge is -2.14. The average Bonchev–Trinajstić information content (AvgIpc) is 2.62. The highest BCUT2D eigenvalue weighted by Crippen LogP contribution is 2.23. The minimum atomic E-state index is -3.94. The van der Waals surface area contributed by atoms with Gasteiger partial charge in [-0.15, -0.1) is 0 Å². The maximum Gasteiger partial charge on any atom is 0.338 e. The van der Waals surface area contributed by atoms with Crippen LogP contribution in [0, 0.1) is 13.8 Å². The number of carbonyl (C=O) groups excluding carboxylic acids is 2. The average molecular weight is 434 g/mol. The Labute approximate surface area is 177 Å². The fourth-order valence-corrected chi connectivity index (χ4v) is 3.71. The van der Waals surface area contributed by atoms with E-state index in [-0.39, 0.29) is 33.9 Å². The molecule has 0 spiro atoms. The molecule has 30 heavy (non-hydrogen) atoms. The number of hydrogen-bond donors (Lipinski definition) is 1. The second kappa shape index (κ2) is 9.30. The summed E-state index contributed by atoms with van der Waals surface area (Å²) in [6.07, 6.45) is -0.751. The summed E-state index contributed by atoms with van der Waals surface area (Å²) in [5.74, 6) is -1.34. The first kappa shape index (κ1) is 23.4. The second-order valence-corrected chi connectivity index (χ2v) is 9.24. The van der Waals surface area contributed by atoms with E-state index in [4.69, 9.17) is 9.47 Å². The van der Waals surface area contributed by atoms with Crippen molar-refractivity contribution < 1.29 is 27.5 Å². The number of rotatable bonds is 7. The molecule has 0 atom stereocenters. The molecule has 0 saturated heterocycles. The van der Waals surface area contributed by atoms with Crippen LogP contribution in [0.4, 0.5) is 5.69 Å². The molecule has 8 heteroatoms. The molecular formula is C22H27NO6S. The maximum absolute atomic E-state index is 12.8.